The number of carbonyl (C=O) groups is 1. The molecule has 0 unspecified atom stereocenters. The Labute approximate surface area is 165 Å². The summed E-state index contributed by atoms with van der Waals surface area (Å²) >= 11 is 0. The molecule has 156 valence electrons. The molecule has 2 aliphatic carbocycles. The fraction of sp³-hybridized carbons (Fsp3) is 0.550. The standard InChI is InChI=1S/C20H22F3N3O3/c1-28-9-8-24-18(27)15-12-2-3-13(10-12)16(15)19-25-17(26-29-19)11-4-6-14(7-5-11)20(21,22)23/h4-7,12-13,15-16H,2-3,8-10H2,1H3,(H,24,27)/t12-,13+,15-,16-/m0/s1. The van der Waals surface area contributed by atoms with Gasteiger partial charge < -0.3 is 14.6 Å². The highest BCUT2D eigenvalue weighted by Gasteiger charge is 2.53. The highest BCUT2D eigenvalue weighted by Crippen LogP contribution is 2.56. The van der Waals surface area contributed by atoms with Crippen molar-refractivity contribution in [3.05, 3.63) is 35.7 Å². The lowest BCUT2D eigenvalue weighted by atomic mass is 9.78. The van der Waals surface area contributed by atoms with Gasteiger partial charge in [0, 0.05) is 19.2 Å². The molecule has 2 aliphatic rings. The van der Waals surface area contributed by atoms with Gasteiger partial charge in [-0.15, -0.1) is 0 Å². The number of benzene rings is 1. The first-order valence-corrected chi connectivity index (χ1v) is 9.66. The summed E-state index contributed by atoms with van der Waals surface area (Å²) in [6, 6.07) is 4.64. The van der Waals surface area contributed by atoms with Gasteiger partial charge >= 0.3 is 6.18 Å². The summed E-state index contributed by atoms with van der Waals surface area (Å²) in [5.74, 6) is 0.786. The number of methoxy groups -OCH3 is 1. The van der Waals surface area contributed by atoms with Crippen LogP contribution >= 0.6 is 0 Å². The molecule has 1 heterocycles. The number of nitrogens with one attached hydrogen (secondary N) is 1. The predicted octanol–water partition coefficient (Wildman–Crippen LogP) is 3.65. The lowest BCUT2D eigenvalue weighted by molar-refractivity contribution is -0.137. The summed E-state index contributed by atoms with van der Waals surface area (Å²) in [7, 11) is 1.58. The van der Waals surface area contributed by atoms with Crippen molar-refractivity contribution in [3.8, 4) is 11.4 Å². The number of hydrogen-bond donors (Lipinski definition) is 1. The normalized spacial score (nSPS) is 26.1. The van der Waals surface area contributed by atoms with Gasteiger partial charge in [-0.25, -0.2) is 0 Å². The van der Waals surface area contributed by atoms with Crippen LogP contribution in [0.2, 0.25) is 0 Å². The first-order chi connectivity index (χ1) is 13.9. The lowest BCUT2D eigenvalue weighted by Gasteiger charge is -2.27. The summed E-state index contributed by atoms with van der Waals surface area (Å²) in [4.78, 5) is 17.2. The Hall–Kier alpha value is -2.42. The van der Waals surface area contributed by atoms with Crippen LogP contribution in [-0.4, -0.2) is 36.3 Å². The molecule has 4 rings (SSSR count). The zero-order valence-corrected chi connectivity index (χ0v) is 15.9. The van der Waals surface area contributed by atoms with Gasteiger partial charge in [-0.3, -0.25) is 4.79 Å². The minimum atomic E-state index is -4.40. The van der Waals surface area contributed by atoms with Crippen LogP contribution in [0.3, 0.4) is 0 Å². The van der Waals surface area contributed by atoms with Crippen LogP contribution in [0, 0.1) is 17.8 Å². The Morgan fingerprint density at radius 2 is 1.97 bits per heavy atom. The second-order valence-corrected chi connectivity index (χ2v) is 7.70. The van der Waals surface area contributed by atoms with Gasteiger partial charge in [0.25, 0.3) is 0 Å². The second-order valence-electron chi connectivity index (χ2n) is 7.70. The van der Waals surface area contributed by atoms with Gasteiger partial charge in [0.1, 0.15) is 0 Å². The first kappa shape index (κ1) is 19.9. The van der Waals surface area contributed by atoms with Crippen molar-refractivity contribution >= 4 is 5.91 Å². The van der Waals surface area contributed by atoms with E-state index in [0.717, 1.165) is 31.4 Å². The molecule has 1 amide bonds. The molecule has 29 heavy (non-hydrogen) atoms. The van der Waals surface area contributed by atoms with Crippen molar-refractivity contribution in [2.24, 2.45) is 17.8 Å². The van der Waals surface area contributed by atoms with E-state index in [0.29, 0.717) is 30.5 Å². The van der Waals surface area contributed by atoms with Crippen molar-refractivity contribution in [3.63, 3.8) is 0 Å². The lowest BCUT2D eigenvalue weighted by Crippen LogP contribution is -2.38. The number of halogens is 3. The van der Waals surface area contributed by atoms with Gasteiger partial charge in [0.15, 0.2) is 0 Å². The highest BCUT2D eigenvalue weighted by molar-refractivity contribution is 5.80. The minimum absolute atomic E-state index is 0.0338. The number of rotatable bonds is 6. The van der Waals surface area contributed by atoms with Crippen LogP contribution in [0.15, 0.2) is 28.8 Å². The number of aromatic nitrogens is 2. The zero-order valence-electron chi connectivity index (χ0n) is 15.9. The molecular weight excluding hydrogens is 387 g/mol. The second kappa shape index (κ2) is 7.78. The molecule has 0 spiro atoms. The molecule has 1 N–H and O–H groups in total. The topological polar surface area (TPSA) is 77.2 Å². The Bertz CT molecular complexity index is 866. The van der Waals surface area contributed by atoms with E-state index in [9.17, 15) is 18.0 Å². The SMILES string of the molecule is COCCNC(=O)[C@H]1[C@H]2CC[C@H](C2)[C@@H]1c1nc(-c2ccc(C(F)(F)F)cc2)no1. The highest BCUT2D eigenvalue weighted by atomic mass is 19.4. The molecule has 1 aromatic heterocycles. The van der Waals surface area contributed by atoms with Crippen molar-refractivity contribution < 1.29 is 27.2 Å². The molecule has 6 nitrogen and oxygen atoms in total. The monoisotopic (exact) mass is 409 g/mol. The molecule has 9 heteroatoms. The Balaban J connectivity index is 1.54. The van der Waals surface area contributed by atoms with Crippen LogP contribution in [0.4, 0.5) is 13.2 Å². The summed E-state index contributed by atoms with van der Waals surface area (Å²) in [5, 5.41) is 6.87. The molecular formula is C20H22F3N3O3. The number of fused-ring (bicyclic) bond motifs is 2. The number of carbonyl (C=O) groups excluding carboxylic acids is 1. The van der Waals surface area contributed by atoms with E-state index in [1.807, 2.05) is 0 Å². The molecule has 2 saturated carbocycles. The van der Waals surface area contributed by atoms with E-state index >= 15 is 0 Å². The maximum atomic E-state index is 12.8. The maximum Gasteiger partial charge on any atom is 0.416 e. The van der Waals surface area contributed by atoms with Crippen molar-refractivity contribution in [2.45, 2.75) is 31.4 Å². The average molecular weight is 409 g/mol. The van der Waals surface area contributed by atoms with Gasteiger partial charge in [-0.1, -0.05) is 17.3 Å². The summed E-state index contributed by atoms with van der Waals surface area (Å²) in [6.45, 7) is 0.881. The average Bonchev–Trinajstić information content (AvgIpc) is 3.43. The van der Waals surface area contributed by atoms with Crippen LogP contribution in [0.25, 0.3) is 11.4 Å². The molecule has 4 atom stereocenters. The fourth-order valence-electron chi connectivity index (χ4n) is 4.71. The zero-order chi connectivity index (χ0) is 20.6. The van der Waals surface area contributed by atoms with Gasteiger partial charge in [-0.2, -0.15) is 18.2 Å². The third-order valence-electron chi connectivity index (χ3n) is 6.02. The van der Waals surface area contributed by atoms with Crippen molar-refractivity contribution in [1.29, 1.82) is 0 Å². The number of amides is 1. The fourth-order valence-corrected chi connectivity index (χ4v) is 4.71. The molecule has 2 aromatic rings. The molecule has 0 radical (unpaired) electrons. The van der Waals surface area contributed by atoms with Gasteiger partial charge in [0.2, 0.25) is 17.6 Å². The quantitative estimate of drug-likeness (QED) is 0.737. The van der Waals surface area contributed by atoms with Crippen LogP contribution in [0.1, 0.15) is 36.6 Å². The number of hydrogen-bond acceptors (Lipinski definition) is 5. The summed E-state index contributed by atoms with van der Waals surface area (Å²) < 4.78 is 48.7. The van der Waals surface area contributed by atoms with E-state index < -0.39 is 11.7 Å². The van der Waals surface area contributed by atoms with Crippen molar-refractivity contribution in [1.82, 2.24) is 15.5 Å². The van der Waals surface area contributed by atoms with E-state index in [-0.39, 0.29) is 29.5 Å². The summed E-state index contributed by atoms with van der Waals surface area (Å²) in [6.07, 6.45) is -1.43. The third kappa shape index (κ3) is 3.88. The van der Waals surface area contributed by atoms with E-state index in [1.54, 1.807) is 7.11 Å². The maximum absolute atomic E-state index is 12.8. The third-order valence-corrected chi connectivity index (χ3v) is 6.02. The Kier molecular flexibility index (Phi) is 5.33. The van der Waals surface area contributed by atoms with E-state index in [1.165, 1.54) is 12.1 Å². The largest absolute Gasteiger partial charge is 0.416 e. The Morgan fingerprint density at radius 3 is 2.66 bits per heavy atom. The van der Waals surface area contributed by atoms with Gasteiger partial charge in [0.05, 0.1) is 24.0 Å². The molecule has 0 aliphatic heterocycles. The van der Waals surface area contributed by atoms with Crippen LogP contribution in [0.5, 0.6) is 0 Å². The first-order valence-electron chi connectivity index (χ1n) is 9.66. The van der Waals surface area contributed by atoms with E-state index in [2.05, 4.69) is 15.5 Å². The van der Waals surface area contributed by atoms with Crippen LogP contribution in [-0.2, 0) is 15.7 Å². The number of ether oxygens (including phenoxy) is 1. The number of alkyl halides is 3. The van der Waals surface area contributed by atoms with Crippen molar-refractivity contribution in [2.75, 3.05) is 20.3 Å². The molecule has 2 bridgehead atoms. The summed E-state index contributed by atoms with van der Waals surface area (Å²) in [5.41, 5.74) is -0.289. The molecule has 2 fully saturated rings. The minimum Gasteiger partial charge on any atom is -0.383 e. The Morgan fingerprint density at radius 1 is 1.24 bits per heavy atom. The number of nitrogens with zero attached hydrogens (tertiary/aromatic N) is 2. The van der Waals surface area contributed by atoms with Gasteiger partial charge in [-0.05, 0) is 43.2 Å². The predicted molar refractivity (Wildman–Crippen MR) is 96.7 cm³/mol. The van der Waals surface area contributed by atoms with Crippen LogP contribution < -0.4 is 5.32 Å². The molecule has 0 saturated heterocycles. The smallest absolute Gasteiger partial charge is 0.383 e. The molecule has 1 aromatic carbocycles. The van der Waals surface area contributed by atoms with E-state index in [4.69, 9.17) is 9.26 Å².